The highest BCUT2D eigenvalue weighted by Gasteiger charge is 2.11. The predicted octanol–water partition coefficient (Wildman–Crippen LogP) is 4.10. The summed E-state index contributed by atoms with van der Waals surface area (Å²) >= 11 is 5.98. The molecule has 0 aliphatic heterocycles. The summed E-state index contributed by atoms with van der Waals surface area (Å²) in [6.07, 6.45) is 0. The number of anilines is 1. The van der Waals surface area contributed by atoms with Crippen LogP contribution in [0.3, 0.4) is 0 Å². The molecule has 0 atom stereocenters. The molecule has 0 saturated carbocycles. The first kappa shape index (κ1) is 14.6. The number of amides is 1. The topological polar surface area (TPSA) is 46.9 Å². The first-order valence-corrected chi connectivity index (χ1v) is 7.34. The minimum Gasteiger partial charge on any atom is -0.331 e. The van der Waals surface area contributed by atoms with Crippen LogP contribution in [-0.4, -0.2) is 15.5 Å². The van der Waals surface area contributed by atoms with Crippen LogP contribution in [0.4, 0.5) is 5.69 Å². The molecule has 0 aliphatic carbocycles. The summed E-state index contributed by atoms with van der Waals surface area (Å²) in [5.74, 6) is 0.744. The smallest absolute Gasteiger partial charge is 0.255 e. The molecule has 1 N–H and O–H groups in total. The van der Waals surface area contributed by atoms with Crippen LogP contribution in [0.1, 0.15) is 21.7 Å². The molecule has 1 amide bonds. The molecule has 5 heteroatoms. The van der Waals surface area contributed by atoms with E-state index in [0.717, 1.165) is 28.1 Å². The Balaban J connectivity index is 1.93. The summed E-state index contributed by atoms with van der Waals surface area (Å²) in [5, 5.41) is 3.49. The second kappa shape index (κ2) is 5.46. The Morgan fingerprint density at radius 2 is 1.95 bits per heavy atom. The van der Waals surface area contributed by atoms with Gasteiger partial charge in [-0.3, -0.25) is 4.79 Å². The summed E-state index contributed by atoms with van der Waals surface area (Å²) in [6, 6.07) is 10.9. The van der Waals surface area contributed by atoms with Crippen LogP contribution < -0.4 is 5.32 Å². The molecule has 3 aromatic rings. The minimum atomic E-state index is -0.171. The number of aromatic nitrogens is 2. The largest absolute Gasteiger partial charge is 0.331 e. The van der Waals surface area contributed by atoms with Gasteiger partial charge < -0.3 is 9.88 Å². The number of nitrogens with zero attached hydrogens (tertiary/aromatic N) is 2. The fourth-order valence-corrected chi connectivity index (χ4v) is 2.56. The third kappa shape index (κ3) is 2.57. The minimum absolute atomic E-state index is 0.171. The van der Waals surface area contributed by atoms with Gasteiger partial charge in [0, 0.05) is 23.3 Å². The first-order valence-electron chi connectivity index (χ1n) is 6.96. The van der Waals surface area contributed by atoms with Crippen molar-refractivity contribution in [1.82, 2.24) is 9.55 Å². The lowest BCUT2D eigenvalue weighted by Crippen LogP contribution is -2.12. The SMILES string of the molecule is Cc1ccc(Cl)cc1NC(=O)c1ccc2c(c1)nc(C)n2C. The number of fused-ring (bicyclic) bond motifs is 1. The summed E-state index contributed by atoms with van der Waals surface area (Å²) in [7, 11) is 1.96. The van der Waals surface area contributed by atoms with E-state index in [9.17, 15) is 4.79 Å². The number of benzene rings is 2. The zero-order valence-electron chi connectivity index (χ0n) is 12.6. The van der Waals surface area contributed by atoms with Gasteiger partial charge in [0.2, 0.25) is 0 Å². The lowest BCUT2D eigenvalue weighted by Gasteiger charge is -2.09. The summed E-state index contributed by atoms with van der Waals surface area (Å²) in [4.78, 5) is 16.9. The molecule has 0 fully saturated rings. The number of halogens is 1. The molecule has 4 nitrogen and oxygen atoms in total. The van der Waals surface area contributed by atoms with Gasteiger partial charge in [-0.1, -0.05) is 17.7 Å². The van der Waals surface area contributed by atoms with E-state index < -0.39 is 0 Å². The van der Waals surface area contributed by atoms with E-state index in [1.54, 1.807) is 24.3 Å². The molecule has 0 spiro atoms. The van der Waals surface area contributed by atoms with Crippen molar-refractivity contribution in [2.45, 2.75) is 13.8 Å². The maximum absolute atomic E-state index is 12.4. The van der Waals surface area contributed by atoms with E-state index in [0.29, 0.717) is 10.6 Å². The molecule has 0 unspecified atom stereocenters. The lowest BCUT2D eigenvalue weighted by atomic mass is 10.1. The Bertz CT molecular complexity index is 883. The number of hydrogen-bond acceptors (Lipinski definition) is 2. The molecule has 0 saturated heterocycles. The quantitative estimate of drug-likeness (QED) is 0.774. The Kier molecular flexibility index (Phi) is 3.62. The standard InChI is InChI=1S/C17H16ClN3O/c1-10-4-6-13(18)9-14(10)20-17(22)12-5-7-16-15(8-12)19-11(2)21(16)3/h4-9H,1-3H3,(H,20,22). The highest BCUT2D eigenvalue weighted by Crippen LogP contribution is 2.22. The van der Waals surface area contributed by atoms with Gasteiger partial charge in [-0.15, -0.1) is 0 Å². The van der Waals surface area contributed by atoms with E-state index in [1.165, 1.54) is 0 Å². The van der Waals surface area contributed by atoms with E-state index in [2.05, 4.69) is 10.3 Å². The van der Waals surface area contributed by atoms with E-state index >= 15 is 0 Å². The van der Waals surface area contributed by atoms with Gasteiger partial charge in [0.15, 0.2) is 0 Å². The average molecular weight is 314 g/mol. The van der Waals surface area contributed by atoms with Crippen LogP contribution in [0.5, 0.6) is 0 Å². The molecule has 2 aromatic carbocycles. The van der Waals surface area contributed by atoms with Gasteiger partial charge in [0.1, 0.15) is 5.82 Å². The third-order valence-corrected chi connectivity index (χ3v) is 4.05. The molecule has 112 valence electrons. The summed E-state index contributed by atoms with van der Waals surface area (Å²) in [5.41, 5.74) is 4.08. The lowest BCUT2D eigenvalue weighted by molar-refractivity contribution is 0.102. The van der Waals surface area contributed by atoms with Gasteiger partial charge in [0.05, 0.1) is 11.0 Å². The van der Waals surface area contributed by atoms with E-state index in [-0.39, 0.29) is 5.91 Å². The number of carbonyl (C=O) groups is 1. The fourth-order valence-electron chi connectivity index (χ4n) is 2.38. The molecule has 22 heavy (non-hydrogen) atoms. The molecule has 0 bridgehead atoms. The van der Waals surface area contributed by atoms with Crippen molar-refractivity contribution in [1.29, 1.82) is 0 Å². The zero-order valence-corrected chi connectivity index (χ0v) is 13.4. The Labute approximate surface area is 133 Å². The van der Waals surface area contributed by atoms with Crippen molar-refractivity contribution in [2.75, 3.05) is 5.32 Å². The number of rotatable bonds is 2. The molecule has 0 aliphatic rings. The average Bonchev–Trinajstić information content (AvgIpc) is 2.77. The van der Waals surface area contributed by atoms with E-state index in [1.807, 2.05) is 37.6 Å². The second-order valence-corrected chi connectivity index (χ2v) is 5.77. The highest BCUT2D eigenvalue weighted by molar-refractivity contribution is 6.31. The van der Waals surface area contributed by atoms with Crippen molar-refractivity contribution in [2.24, 2.45) is 7.05 Å². The third-order valence-electron chi connectivity index (χ3n) is 3.81. The summed E-state index contributed by atoms with van der Waals surface area (Å²) in [6.45, 7) is 3.87. The van der Waals surface area contributed by atoms with Crippen LogP contribution in [-0.2, 0) is 7.05 Å². The van der Waals surface area contributed by atoms with Gasteiger partial charge in [-0.25, -0.2) is 4.98 Å². The maximum Gasteiger partial charge on any atom is 0.255 e. The van der Waals surface area contributed by atoms with Gasteiger partial charge in [-0.2, -0.15) is 0 Å². The van der Waals surface area contributed by atoms with Crippen LogP contribution in [0.15, 0.2) is 36.4 Å². The van der Waals surface area contributed by atoms with Gasteiger partial charge >= 0.3 is 0 Å². The molecule has 1 aromatic heterocycles. The number of nitrogens with one attached hydrogen (secondary N) is 1. The molecule has 3 rings (SSSR count). The Hall–Kier alpha value is -2.33. The molecular weight excluding hydrogens is 298 g/mol. The van der Waals surface area contributed by atoms with E-state index in [4.69, 9.17) is 11.6 Å². The van der Waals surface area contributed by atoms with Gasteiger partial charge in [0.25, 0.3) is 5.91 Å². The van der Waals surface area contributed by atoms with Crippen molar-refractivity contribution < 1.29 is 4.79 Å². The molecular formula is C17H16ClN3O. The number of imidazole rings is 1. The predicted molar refractivity (Wildman–Crippen MR) is 89.6 cm³/mol. The van der Waals surface area contributed by atoms with Crippen LogP contribution in [0, 0.1) is 13.8 Å². The van der Waals surface area contributed by atoms with Crippen LogP contribution >= 0.6 is 11.6 Å². The maximum atomic E-state index is 12.4. The van der Waals surface area contributed by atoms with Crippen molar-refractivity contribution in [3.05, 3.63) is 58.4 Å². The second-order valence-electron chi connectivity index (χ2n) is 5.33. The van der Waals surface area contributed by atoms with Crippen molar-refractivity contribution >= 4 is 34.2 Å². The summed E-state index contributed by atoms with van der Waals surface area (Å²) < 4.78 is 2.00. The first-order chi connectivity index (χ1) is 10.5. The van der Waals surface area contributed by atoms with Crippen molar-refractivity contribution in [3.8, 4) is 0 Å². The number of hydrogen-bond donors (Lipinski definition) is 1. The highest BCUT2D eigenvalue weighted by atomic mass is 35.5. The van der Waals surface area contributed by atoms with Crippen molar-refractivity contribution in [3.63, 3.8) is 0 Å². The zero-order chi connectivity index (χ0) is 15.9. The Morgan fingerprint density at radius 1 is 1.18 bits per heavy atom. The normalized spacial score (nSPS) is 10.9. The van der Waals surface area contributed by atoms with Crippen LogP contribution in [0.25, 0.3) is 11.0 Å². The fraction of sp³-hybridized carbons (Fsp3) is 0.176. The molecule has 1 heterocycles. The Morgan fingerprint density at radius 3 is 2.73 bits per heavy atom. The molecule has 0 radical (unpaired) electrons. The van der Waals surface area contributed by atoms with Crippen LogP contribution in [0.2, 0.25) is 5.02 Å². The monoisotopic (exact) mass is 313 g/mol. The number of aryl methyl sites for hydroxylation is 3. The van der Waals surface area contributed by atoms with Gasteiger partial charge in [-0.05, 0) is 49.7 Å². The number of carbonyl (C=O) groups excluding carboxylic acids is 1.